The third-order valence-corrected chi connectivity index (χ3v) is 6.50. The largest absolute Gasteiger partial charge is 0.481 e. The van der Waals surface area contributed by atoms with E-state index < -0.39 is 22.0 Å². The summed E-state index contributed by atoms with van der Waals surface area (Å²) in [6.45, 7) is 0.343. The van der Waals surface area contributed by atoms with Crippen molar-refractivity contribution in [1.82, 2.24) is 4.31 Å². The molecular formula is C10H11Cl2NO5S2. The van der Waals surface area contributed by atoms with Crippen LogP contribution in [0.5, 0.6) is 0 Å². The molecule has 1 saturated heterocycles. The molecule has 1 fully saturated rings. The van der Waals surface area contributed by atoms with Crippen molar-refractivity contribution < 1.29 is 23.1 Å². The molecule has 1 atom stereocenters. The second-order valence-electron chi connectivity index (χ2n) is 4.13. The Labute approximate surface area is 129 Å². The molecule has 0 bridgehead atoms. The molecule has 6 nitrogen and oxygen atoms in total. The molecule has 0 aromatic carbocycles. The van der Waals surface area contributed by atoms with Gasteiger partial charge in [0.25, 0.3) is 0 Å². The maximum absolute atomic E-state index is 12.6. The van der Waals surface area contributed by atoms with Crippen molar-refractivity contribution >= 4 is 50.5 Å². The lowest BCUT2D eigenvalue weighted by Crippen LogP contribution is -2.49. The number of carbonyl (C=O) groups is 1. The second kappa shape index (κ2) is 6.17. The standard InChI is InChI=1S/C10H11Cl2NO5S2/c11-8-4-7(10(12)19-8)20(16,17)13-1-2-18-5-6(13)3-9(14)15/h4,6H,1-3,5H2,(H,14,15). The maximum atomic E-state index is 12.6. The third kappa shape index (κ3) is 3.26. The number of carboxylic acids is 1. The molecular weight excluding hydrogens is 349 g/mol. The van der Waals surface area contributed by atoms with Crippen molar-refractivity contribution in [3.63, 3.8) is 0 Å². The lowest BCUT2D eigenvalue weighted by Gasteiger charge is -2.33. The molecule has 2 rings (SSSR count). The number of morpholine rings is 1. The highest BCUT2D eigenvalue weighted by atomic mass is 35.5. The molecule has 2 heterocycles. The van der Waals surface area contributed by atoms with Gasteiger partial charge in [-0.05, 0) is 6.07 Å². The first-order chi connectivity index (χ1) is 9.32. The molecule has 0 amide bonds. The highest BCUT2D eigenvalue weighted by Crippen LogP contribution is 2.36. The number of thiophene rings is 1. The van der Waals surface area contributed by atoms with Gasteiger partial charge in [-0.25, -0.2) is 8.42 Å². The number of halogens is 2. The molecule has 1 aromatic rings. The molecule has 20 heavy (non-hydrogen) atoms. The zero-order valence-corrected chi connectivity index (χ0v) is 13.2. The van der Waals surface area contributed by atoms with Crippen LogP contribution >= 0.6 is 34.5 Å². The fourth-order valence-electron chi connectivity index (χ4n) is 1.95. The fourth-order valence-corrected chi connectivity index (χ4v) is 5.65. The highest BCUT2D eigenvalue weighted by molar-refractivity contribution is 7.89. The minimum absolute atomic E-state index is 0.0427. The van der Waals surface area contributed by atoms with Gasteiger partial charge in [0.2, 0.25) is 10.0 Å². The first kappa shape index (κ1) is 16.0. The van der Waals surface area contributed by atoms with Gasteiger partial charge in [0, 0.05) is 6.54 Å². The quantitative estimate of drug-likeness (QED) is 0.887. The van der Waals surface area contributed by atoms with E-state index in [1.807, 2.05) is 0 Å². The van der Waals surface area contributed by atoms with E-state index in [1.54, 1.807) is 0 Å². The van der Waals surface area contributed by atoms with Gasteiger partial charge >= 0.3 is 5.97 Å². The van der Waals surface area contributed by atoms with Crippen LogP contribution in [0, 0.1) is 0 Å². The lowest BCUT2D eigenvalue weighted by molar-refractivity contribution is -0.139. The van der Waals surface area contributed by atoms with Crippen molar-refractivity contribution in [2.75, 3.05) is 19.8 Å². The van der Waals surface area contributed by atoms with Crippen LogP contribution in [0.15, 0.2) is 11.0 Å². The molecule has 1 aliphatic heterocycles. The van der Waals surface area contributed by atoms with Gasteiger partial charge in [0.1, 0.15) is 9.23 Å². The molecule has 1 aliphatic rings. The Morgan fingerprint density at radius 1 is 1.55 bits per heavy atom. The summed E-state index contributed by atoms with van der Waals surface area (Å²) in [6.07, 6.45) is -0.325. The molecule has 0 spiro atoms. The van der Waals surface area contributed by atoms with Crippen LogP contribution in [0.4, 0.5) is 0 Å². The predicted octanol–water partition coefficient (Wildman–Crippen LogP) is 1.92. The molecule has 0 radical (unpaired) electrons. The Morgan fingerprint density at radius 2 is 2.25 bits per heavy atom. The SMILES string of the molecule is O=C(O)CC1COCCN1S(=O)(=O)c1cc(Cl)sc1Cl. The smallest absolute Gasteiger partial charge is 0.305 e. The van der Waals surface area contributed by atoms with Crippen LogP contribution in [0.1, 0.15) is 6.42 Å². The number of hydrogen-bond acceptors (Lipinski definition) is 5. The number of carboxylic acid groups (broad SMARTS) is 1. The number of nitrogens with zero attached hydrogens (tertiary/aromatic N) is 1. The molecule has 1 unspecified atom stereocenters. The summed E-state index contributed by atoms with van der Waals surface area (Å²) in [5.74, 6) is -1.09. The van der Waals surface area contributed by atoms with E-state index >= 15 is 0 Å². The Kier molecular flexibility index (Phi) is 4.93. The van der Waals surface area contributed by atoms with Gasteiger partial charge in [0.05, 0.1) is 30.0 Å². The van der Waals surface area contributed by atoms with Gasteiger partial charge in [-0.2, -0.15) is 4.31 Å². The van der Waals surface area contributed by atoms with E-state index in [1.165, 1.54) is 6.07 Å². The van der Waals surface area contributed by atoms with Gasteiger partial charge in [0.15, 0.2) is 0 Å². The zero-order chi connectivity index (χ0) is 14.9. The van der Waals surface area contributed by atoms with E-state index in [0.29, 0.717) is 0 Å². The summed E-state index contributed by atoms with van der Waals surface area (Å²) >= 11 is 12.6. The van der Waals surface area contributed by atoms with Crippen LogP contribution in [-0.2, 0) is 19.6 Å². The minimum atomic E-state index is -3.88. The van der Waals surface area contributed by atoms with Crippen LogP contribution in [0.3, 0.4) is 0 Å². The molecule has 10 heteroatoms. The van der Waals surface area contributed by atoms with E-state index in [9.17, 15) is 13.2 Å². The van der Waals surface area contributed by atoms with Crippen LogP contribution in [0.2, 0.25) is 8.67 Å². The van der Waals surface area contributed by atoms with Crippen molar-refractivity contribution in [2.45, 2.75) is 17.4 Å². The monoisotopic (exact) mass is 359 g/mol. The second-order valence-corrected chi connectivity index (χ2v) is 8.28. The van der Waals surface area contributed by atoms with Crippen molar-refractivity contribution in [1.29, 1.82) is 0 Å². The van der Waals surface area contributed by atoms with Crippen molar-refractivity contribution in [2.24, 2.45) is 0 Å². The lowest BCUT2D eigenvalue weighted by atomic mass is 10.2. The van der Waals surface area contributed by atoms with Crippen molar-refractivity contribution in [3.8, 4) is 0 Å². The van der Waals surface area contributed by atoms with Crippen LogP contribution in [-0.4, -0.2) is 49.6 Å². The molecule has 0 saturated carbocycles. The van der Waals surface area contributed by atoms with Gasteiger partial charge in [-0.1, -0.05) is 23.2 Å². The van der Waals surface area contributed by atoms with E-state index in [2.05, 4.69) is 0 Å². The normalized spacial score (nSPS) is 21.0. The maximum Gasteiger partial charge on any atom is 0.305 e. The Bertz CT molecular complexity index is 615. The Balaban J connectivity index is 2.35. The van der Waals surface area contributed by atoms with Crippen LogP contribution in [0.25, 0.3) is 0 Å². The number of aliphatic carboxylic acids is 1. The molecule has 112 valence electrons. The number of sulfonamides is 1. The first-order valence-corrected chi connectivity index (χ1v) is 8.60. The van der Waals surface area contributed by atoms with Gasteiger partial charge < -0.3 is 9.84 Å². The van der Waals surface area contributed by atoms with Crippen molar-refractivity contribution in [3.05, 3.63) is 14.7 Å². The average Bonchev–Trinajstić information content (AvgIpc) is 2.69. The Hall–Kier alpha value is -0.380. The van der Waals surface area contributed by atoms with Crippen LogP contribution < -0.4 is 0 Å². The molecule has 0 aliphatic carbocycles. The van der Waals surface area contributed by atoms with Gasteiger partial charge in [-0.3, -0.25) is 4.79 Å². The summed E-state index contributed by atoms with van der Waals surface area (Å²) in [5.41, 5.74) is 0. The predicted molar refractivity (Wildman–Crippen MR) is 75.1 cm³/mol. The molecule has 1 N–H and O–H groups in total. The summed E-state index contributed by atoms with van der Waals surface area (Å²) in [6, 6.07) is 0.526. The number of rotatable bonds is 4. The van der Waals surface area contributed by atoms with E-state index in [4.69, 9.17) is 33.0 Å². The summed E-state index contributed by atoms with van der Waals surface area (Å²) in [7, 11) is -3.88. The summed E-state index contributed by atoms with van der Waals surface area (Å²) in [5, 5.41) is 8.86. The summed E-state index contributed by atoms with van der Waals surface area (Å²) in [4.78, 5) is 10.7. The number of hydrogen-bond donors (Lipinski definition) is 1. The minimum Gasteiger partial charge on any atom is -0.481 e. The third-order valence-electron chi connectivity index (χ3n) is 2.80. The topological polar surface area (TPSA) is 83.9 Å². The van der Waals surface area contributed by atoms with Gasteiger partial charge in [-0.15, -0.1) is 11.3 Å². The fraction of sp³-hybridized carbons (Fsp3) is 0.500. The zero-order valence-electron chi connectivity index (χ0n) is 10.1. The average molecular weight is 360 g/mol. The molecule has 1 aromatic heterocycles. The Morgan fingerprint density at radius 3 is 2.80 bits per heavy atom. The number of ether oxygens (including phenoxy) is 1. The van der Waals surface area contributed by atoms with E-state index in [-0.39, 0.29) is 39.7 Å². The highest BCUT2D eigenvalue weighted by Gasteiger charge is 2.37. The van der Waals surface area contributed by atoms with E-state index in [0.717, 1.165) is 15.6 Å². The summed E-state index contributed by atoms with van der Waals surface area (Å²) < 4.78 is 31.7. The first-order valence-electron chi connectivity index (χ1n) is 5.58.